The first kappa shape index (κ1) is 43.6. The Balaban J connectivity index is 1.15. The summed E-state index contributed by atoms with van der Waals surface area (Å²) in [4.78, 5) is 2.51. The van der Waals surface area contributed by atoms with Crippen LogP contribution in [0, 0.1) is 0 Å². The van der Waals surface area contributed by atoms with Gasteiger partial charge in [-0.15, -0.1) is 0 Å². The Morgan fingerprint density at radius 3 is 1.50 bits per heavy atom. The maximum Gasteiger partial charge on any atom is 0.0467 e. The molecular weight excluding hydrogens is 771 g/mol. The summed E-state index contributed by atoms with van der Waals surface area (Å²) < 4.78 is 0. The molecular formula is C63H69N. The third kappa shape index (κ3) is 8.52. The fourth-order valence-corrected chi connectivity index (χ4v) is 10.4. The van der Waals surface area contributed by atoms with E-state index in [0.717, 1.165) is 0 Å². The summed E-state index contributed by atoms with van der Waals surface area (Å²) >= 11 is 0. The van der Waals surface area contributed by atoms with Crippen LogP contribution in [0.5, 0.6) is 0 Å². The number of anilines is 3. The van der Waals surface area contributed by atoms with Crippen LogP contribution in [-0.2, 0) is 21.7 Å². The monoisotopic (exact) mass is 840 g/mol. The largest absolute Gasteiger partial charge is 0.310 e. The van der Waals surface area contributed by atoms with E-state index in [4.69, 9.17) is 0 Å². The van der Waals surface area contributed by atoms with Crippen molar-refractivity contribution in [3.05, 3.63) is 185 Å². The van der Waals surface area contributed by atoms with Gasteiger partial charge in [-0.3, -0.25) is 0 Å². The van der Waals surface area contributed by atoms with Crippen LogP contribution in [0.25, 0.3) is 44.5 Å². The molecule has 0 radical (unpaired) electrons. The van der Waals surface area contributed by atoms with Gasteiger partial charge in [0.1, 0.15) is 0 Å². The molecule has 64 heavy (non-hydrogen) atoms. The lowest BCUT2D eigenvalue weighted by Crippen LogP contribution is -2.16. The normalized spacial score (nSPS) is 15.2. The summed E-state index contributed by atoms with van der Waals surface area (Å²) in [5, 5.41) is 0. The van der Waals surface area contributed by atoms with E-state index in [2.05, 4.69) is 233 Å². The topological polar surface area (TPSA) is 3.24 Å². The molecule has 0 heterocycles. The first-order valence-corrected chi connectivity index (χ1v) is 24.0. The molecule has 1 saturated carbocycles. The van der Waals surface area contributed by atoms with Crippen molar-refractivity contribution >= 4 is 17.1 Å². The van der Waals surface area contributed by atoms with E-state index in [1.807, 2.05) is 0 Å². The second kappa shape index (κ2) is 16.4. The van der Waals surface area contributed by atoms with Crippen molar-refractivity contribution in [3.8, 4) is 44.5 Å². The minimum Gasteiger partial charge on any atom is -0.310 e. The Labute approximate surface area is 385 Å². The lowest BCUT2D eigenvalue weighted by Gasteiger charge is -2.30. The molecule has 7 aromatic carbocycles. The summed E-state index contributed by atoms with van der Waals surface area (Å²) in [6.45, 7) is 25.7. The third-order valence-electron chi connectivity index (χ3n) is 14.5. The predicted octanol–water partition coefficient (Wildman–Crippen LogP) is 18.4. The van der Waals surface area contributed by atoms with Gasteiger partial charge in [0.15, 0.2) is 0 Å². The summed E-state index contributed by atoms with van der Waals surface area (Å²) in [5.41, 5.74) is 22.1. The fraction of sp³-hybridized carbons (Fsp3) is 0.333. The molecule has 0 N–H and O–H groups in total. The third-order valence-corrected chi connectivity index (χ3v) is 14.5. The van der Waals surface area contributed by atoms with E-state index in [1.165, 1.54) is 127 Å². The number of rotatable bonds is 7. The molecule has 0 bridgehead atoms. The van der Waals surface area contributed by atoms with Crippen molar-refractivity contribution in [2.24, 2.45) is 0 Å². The van der Waals surface area contributed by atoms with Crippen molar-refractivity contribution in [1.29, 1.82) is 0 Å². The molecule has 0 spiro atoms. The fourth-order valence-electron chi connectivity index (χ4n) is 10.4. The van der Waals surface area contributed by atoms with Crippen LogP contribution in [0.15, 0.2) is 152 Å². The zero-order valence-electron chi connectivity index (χ0n) is 40.5. The maximum absolute atomic E-state index is 2.51. The Hall–Kier alpha value is -5.66. The number of nitrogens with zero attached hydrogens (tertiary/aromatic N) is 1. The van der Waals surface area contributed by atoms with Gasteiger partial charge in [-0.2, -0.15) is 0 Å². The average Bonchev–Trinajstić information content (AvgIpc) is 3.51. The van der Waals surface area contributed by atoms with Crippen LogP contribution in [0.2, 0.25) is 0 Å². The second-order valence-corrected chi connectivity index (χ2v) is 22.6. The van der Waals surface area contributed by atoms with E-state index < -0.39 is 0 Å². The van der Waals surface area contributed by atoms with Crippen molar-refractivity contribution in [2.75, 3.05) is 4.90 Å². The Morgan fingerprint density at radius 2 is 0.859 bits per heavy atom. The predicted molar refractivity (Wildman–Crippen MR) is 277 cm³/mol. The van der Waals surface area contributed by atoms with Gasteiger partial charge in [0.05, 0.1) is 0 Å². The molecule has 0 saturated heterocycles. The first-order chi connectivity index (χ1) is 30.3. The molecule has 9 rings (SSSR count). The highest BCUT2D eigenvalue weighted by molar-refractivity contribution is 5.87. The molecule has 0 unspecified atom stereocenters. The number of benzene rings is 7. The van der Waals surface area contributed by atoms with Gasteiger partial charge in [0.2, 0.25) is 0 Å². The Bertz CT molecular complexity index is 2810. The number of hydrogen-bond acceptors (Lipinski definition) is 1. The van der Waals surface area contributed by atoms with Gasteiger partial charge in [0, 0.05) is 22.5 Å². The van der Waals surface area contributed by atoms with Gasteiger partial charge in [-0.25, -0.2) is 0 Å². The summed E-state index contributed by atoms with van der Waals surface area (Å²) in [6, 6.07) is 58.6. The molecule has 2 aliphatic carbocycles. The lowest BCUT2D eigenvalue weighted by atomic mass is 9.78. The molecule has 1 heteroatoms. The van der Waals surface area contributed by atoms with Crippen LogP contribution >= 0.6 is 0 Å². The molecule has 0 aliphatic heterocycles. The van der Waals surface area contributed by atoms with Crippen LogP contribution in [0.1, 0.15) is 148 Å². The molecule has 0 amide bonds. The smallest absolute Gasteiger partial charge is 0.0467 e. The molecule has 2 aliphatic rings. The summed E-state index contributed by atoms with van der Waals surface area (Å²) in [6.07, 6.45) is 6.56. The van der Waals surface area contributed by atoms with E-state index in [9.17, 15) is 0 Å². The minimum absolute atomic E-state index is 0.0154. The zero-order chi connectivity index (χ0) is 45.2. The van der Waals surface area contributed by atoms with Crippen molar-refractivity contribution in [2.45, 2.75) is 136 Å². The van der Waals surface area contributed by atoms with Gasteiger partial charge in [0.25, 0.3) is 0 Å². The summed E-state index contributed by atoms with van der Waals surface area (Å²) in [7, 11) is 0. The maximum atomic E-state index is 2.51. The van der Waals surface area contributed by atoms with E-state index in [1.54, 1.807) is 0 Å². The zero-order valence-corrected chi connectivity index (χ0v) is 40.5. The van der Waals surface area contributed by atoms with Crippen molar-refractivity contribution < 1.29 is 0 Å². The highest BCUT2D eigenvalue weighted by atomic mass is 15.1. The van der Waals surface area contributed by atoms with Crippen LogP contribution in [0.4, 0.5) is 17.1 Å². The number of hydrogen-bond donors (Lipinski definition) is 0. The molecule has 7 aromatic rings. The van der Waals surface area contributed by atoms with Gasteiger partial charge >= 0.3 is 0 Å². The van der Waals surface area contributed by atoms with Crippen LogP contribution < -0.4 is 4.90 Å². The molecule has 1 nitrogen and oxygen atoms in total. The SMILES string of the molecule is CC(C)(C)c1cc(-c2cccc(-c3cccc(N(c4cccc(C5CCCCC5)c4)c4ccc5c(c4)C(C)(C)c4ccccc4-5)c3)c2)cc(-c2cc(C(C)(C)C)cc(C(C)(C)C)c2)c1. The lowest BCUT2D eigenvalue weighted by molar-refractivity contribution is 0.443. The van der Waals surface area contributed by atoms with Crippen LogP contribution in [-0.4, -0.2) is 0 Å². The standard InChI is InChI=1S/C63H69N/c1-60(2,3)50-34-47(33-48(35-50)49-36-51(61(4,5)6)40-52(37-49)62(7,8)9)44-23-17-22-43(32-44)46-25-19-27-54(39-46)64(53-26-18-24-45(38-53)42-20-13-12-14-21-42)55-30-31-57-56-28-15-16-29-58(56)63(10,11)59(57)41-55/h15-19,22-42H,12-14,20-21H2,1-11H3. The van der Waals surface area contributed by atoms with Crippen molar-refractivity contribution in [1.82, 2.24) is 0 Å². The van der Waals surface area contributed by atoms with Gasteiger partial charge < -0.3 is 4.90 Å². The van der Waals surface area contributed by atoms with Gasteiger partial charge in [-0.1, -0.05) is 199 Å². The van der Waals surface area contributed by atoms with E-state index >= 15 is 0 Å². The average molecular weight is 840 g/mol. The van der Waals surface area contributed by atoms with E-state index in [0.29, 0.717) is 5.92 Å². The number of fused-ring (bicyclic) bond motifs is 3. The molecule has 0 atom stereocenters. The van der Waals surface area contributed by atoms with E-state index in [-0.39, 0.29) is 21.7 Å². The highest BCUT2D eigenvalue weighted by Gasteiger charge is 2.36. The Morgan fingerprint density at radius 1 is 0.391 bits per heavy atom. The molecule has 1 fully saturated rings. The highest BCUT2D eigenvalue weighted by Crippen LogP contribution is 2.51. The summed E-state index contributed by atoms with van der Waals surface area (Å²) in [5.74, 6) is 0.623. The molecule has 326 valence electrons. The van der Waals surface area contributed by atoms with Crippen LogP contribution in [0.3, 0.4) is 0 Å². The quantitative estimate of drug-likeness (QED) is 0.155. The van der Waals surface area contributed by atoms with Crippen molar-refractivity contribution in [3.63, 3.8) is 0 Å². The second-order valence-electron chi connectivity index (χ2n) is 22.6. The minimum atomic E-state index is -0.0890. The molecule has 0 aromatic heterocycles. The van der Waals surface area contributed by atoms with Gasteiger partial charge in [-0.05, 0) is 161 Å². The first-order valence-electron chi connectivity index (χ1n) is 24.0. The Kier molecular flexibility index (Phi) is 11.2.